The molecule has 3 heterocycles. The number of fused-ring (bicyclic) bond motifs is 2. The molecular formula is C39H43N10O24P3S4. The minimum absolute atomic E-state index is 0.0220. The minimum atomic E-state index is -5.85. The van der Waals surface area contributed by atoms with Crippen LogP contribution >= 0.6 is 45.1 Å². The smallest absolute Gasteiger partial charge is 0.478 e. The summed E-state index contributed by atoms with van der Waals surface area (Å²) in [5, 5.41) is 25.9. The molecule has 2 aromatic carbocycles. The van der Waals surface area contributed by atoms with Crippen LogP contribution in [0.25, 0.3) is 43.9 Å². The number of nitrogen functional groups attached to an aromatic ring is 1. The van der Waals surface area contributed by atoms with Crippen molar-refractivity contribution in [1.82, 2.24) is 15.5 Å². The molecule has 2 aromatic rings. The number of carboxylic acid groups (broad SMARTS) is 1. The predicted molar refractivity (Wildman–Crippen MR) is 277 cm³/mol. The summed E-state index contributed by atoms with van der Waals surface area (Å²) in [6.07, 6.45) is -3.90. The lowest BCUT2D eigenvalue weighted by Crippen LogP contribution is -2.49. The number of nitrogens with one attached hydrogen (secondary N) is 3. The Morgan fingerprint density at radius 2 is 1.66 bits per heavy atom. The van der Waals surface area contributed by atoms with Gasteiger partial charge in [-0.3, -0.25) is 33.5 Å². The van der Waals surface area contributed by atoms with Gasteiger partial charge in [-0.1, -0.05) is 38.5 Å². The molecular weight excluding hydrogens is 1210 g/mol. The molecule has 0 saturated carbocycles. The van der Waals surface area contributed by atoms with Crippen LogP contribution in [-0.2, 0) is 61.3 Å². The molecule has 0 aromatic heterocycles. The highest BCUT2D eigenvalue weighted by Gasteiger charge is 2.46. The Balaban J connectivity index is 1.01. The number of aromatic carboxylic acids is 1. The Kier molecular flexibility index (Phi) is 20.4. The van der Waals surface area contributed by atoms with E-state index in [0.29, 0.717) is 11.5 Å². The van der Waals surface area contributed by atoms with Gasteiger partial charge in [0.15, 0.2) is 21.1 Å². The summed E-state index contributed by atoms with van der Waals surface area (Å²) in [7, 11) is -25.1. The average Bonchev–Trinajstić information content (AvgIpc) is 3.72. The third-order valence-electron chi connectivity index (χ3n) is 10.9. The van der Waals surface area contributed by atoms with Crippen molar-refractivity contribution in [3.05, 3.63) is 69.4 Å². The number of anilines is 1. The van der Waals surface area contributed by atoms with Crippen LogP contribution in [0.15, 0.2) is 66.8 Å². The van der Waals surface area contributed by atoms with E-state index < -0.39 is 143 Å². The zero-order chi connectivity index (χ0) is 59.1. The topological polar surface area (TPSA) is 553 Å². The summed E-state index contributed by atoms with van der Waals surface area (Å²) >= 11 is 0. The van der Waals surface area contributed by atoms with Crippen LogP contribution in [0.1, 0.15) is 33.6 Å². The van der Waals surface area contributed by atoms with E-state index in [1.807, 2.05) is 0 Å². The lowest BCUT2D eigenvalue weighted by atomic mass is 9.89. The van der Waals surface area contributed by atoms with Gasteiger partial charge in [-0.2, -0.15) is 30.4 Å². The fourth-order valence-corrected chi connectivity index (χ4v) is 14.1. The monoisotopic (exact) mass is 1260 g/mol. The van der Waals surface area contributed by atoms with Crippen LogP contribution in [0, 0.1) is 23.2 Å². The summed E-state index contributed by atoms with van der Waals surface area (Å²) in [6, 6.07) is 6.82. The largest absolute Gasteiger partial charge is 0.490 e. The molecule has 3 aliphatic heterocycles. The second-order valence-corrected chi connectivity index (χ2v) is 26.1. The van der Waals surface area contributed by atoms with Crippen molar-refractivity contribution in [3.63, 3.8) is 0 Å². The van der Waals surface area contributed by atoms with Gasteiger partial charge in [-0.05, 0) is 53.6 Å². The number of ether oxygens (including phenoxy) is 2. The van der Waals surface area contributed by atoms with Crippen LogP contribution in [-0.4, -0.2) is 148 Å². The van der Waals surface area contributed by atoms with Crippen LogP contribution in [0.3, 0.4) is 0 Å². The SMILES string of the molecule is [N-]=[N+]=NCO[C@H]1C[C@H](N2CC(C#CCNC(=O)CCSSCCNC(=O)c3ccc(C(=O)O)c(-c4c5ccc(=N)c(S(=O)(=O)O)c-5oc5c(S(=O)(=O)O)c(N)ccc45)c3)C(N)=NC2=O)O[C@@H]1COP(=O)(O)OP(=O)(O)OP(=O)(O)O. The number of amidine groups is 1. The van der Waals surface area contributed by atoms with Gasteiger partial charge >= 0.3 is 35.5 Å². The lowest BCUT2D eigenvalue weighted by Gasteiger charge is -2.32. The highest BCUT2D eigenvalue weighted by atomic mass is 33.1. The molecule has 34 nitrogen and oxygen atoms in total. The number of rotatable bonds is 24. The van der Waals surface area contributed by atoms with E-state index >= 15 is 0 Å². The summed E-state index contributed by atoms with van der Waals surface area (Å²) < 4.78 is 134. The van der Waals surface area contributed by atoms with Crippen LogP contribution in [0.2, 0.25) is 0 Å². The van der Waals surface area contributed by atoms with Crippen LogP contribution in [0.4, 0.5) is 10.5 Å². The molecule has 80 heavy (non-hydrogen) atoms. The number of amides is 4. The molecule has 41 heteroatoms. The Labute approximate surface area is 457 Å². The number of azide groups is 1. The number of nitrogens with zero attached hydrogens (tertiary/aromatic N) is 5. The van der Waals surface area contributed by atoms with E-state index in [0.717, 1.165) is 35.2 Å². The summed E-state index contributed by atoms with van der Waals surface area (Å²) in [6.45, 7) is -1.90. The van der Waals surface area contributed by atoms with Crippen molar-refractivity contribution in [3.8, 4) is 34.3 Å². The van der Waals surface area contributed by atoms with Crippen LogP contribution in [0.5, 0.6) is 0 Å². The van der Waals surface area contributed by atoms with E-state index in [4.69, 9.17) is 46.1 Å². The van der Waals surface area contributed by atoms with E-state index in [1.54, 1.807) is 0 Å². The number of nitrogens with two attached hydrogens (primary N) is 2. The molecule has 0 spiro atoms. The zero-order valence-electron chi connectivity index (χ0n) is 40.2. The fraction of sp³-hybridized carbons (Fsp3) is 0.333. The highest BCUT2D eigenvalue weighted by Crippen LogP contribution is 2.66. The summed E-state index contributed by atoms with van der Waals surface area (Å²) in [5.74, 6) is 1.54. The van der Waals surface area contributed by atoms with Gasteiger partial charge in [0.05, 0.1) is 41.8 Å². The maximum absolute atomic E-state index is 13.5. The van der Waals surface area contributed by atoms with E-state index in [9.17, 15) is 73.7 Å². The standard InChI is InChI=1S/C39H43N10O24P3S4/c40-25-7-5-22-31(23-6-8-26(41)35(80(65,66)67)33(23)71-32(22)34(25)79(62,63)64)24-14-19(3-4-21(24)38(52)53)37(51)45-11-13-78-77-12-9-29(50)44-10-1-2-20-16-49(39(54)47-36(20)42)30-15-27(68-18-46-48-43)28(70-30)17-69-75(58,59)73-76(60,61)72-74(55,56)57/h3-8,14,20,27-28,30,40H,9-13,15-18,41H2,(H,44,50)(H,45,51)(H,52,53)(H,58,59)(H,60,61)(H2,42,47,54)(H2,55,56,57)(H,62,63,64)(H,65,66,67)/t20?,27-,28+,30+/m0/s1. The van der Waals surface area contributed by atoms with E-state index in [2.05, 4.69) is 50.6 Å². The normalized spacial score (nSPS) is 19.2. The van der Waals surface area contributed by atoms with Crippen molar-refractivity contribution in [2.24, 2.45) is 21.8 Å². The van der Waals surface area contributed by atoms with Gasteiger partial charge in [-0.15, -0.1) is 0 Å². The second kappa shape index (κ2) is 25.8. The van der Waals surface area contributed by atoms with Gasteiger partial charge in [0, 0.05) is 64.4 Å². The first-order valence-corrected chi connectivity index (χ1v) is 31.9. The van der Waals surface area contributed by atoms with Crippen LogP contribution < -0.4 is 27.5 Å². The zero-order valence-corrected chi connectivity index (χ0v) is 46.1. The molecule has 4 aliphatic rings. The van der Waals surface area contributed by atoms with Crippen molar-refractivity contribution >= 4 is 112 Å². The summed E-state index contributed by atoms with van der Waals surface area (Å²) in [4.78, 5) is 93.6. The fourth-order valence-electron chi connectivity index (χ4n) is 7.67. The average molecular weight is 1260 g/mol. The summed E-state index contributed by atoms with van der Waals surface area (Å²) in [5.41, 5.74) is 17.8. The Morgan fingerprint density at radius 1 is 0.963 bits per heavy atom. The van der Waals surface area contributed by atoms with Gasteiger partial charge in [0.2, 0.25) is 5.91 Å². The number of carbonyl (C=O) groups excluding carboxylic acids is 3. The number of benzene rings is 3. The number of aliphatic imine (C=N–C) groups is 1. The molecule has 3 unspecified atom stereocenters. The predicted octanol–water partition coefficient (Wildman–Crippen LogP) is 2.60. The first-order chi connectivity index (χ1) is 37.3. The number of carbonyl (C=O) groups is 4. The van der Waals surface area contributed by atoms with Gasteiger partial charge in [-0.25, -0.2) is 23.3 Å². The van der Waals surface area contributed by atoms with Gasteiger partial charge < -0.3 is 60.7 Å². The Bertz CT molecular complexity index is 3700. The molecule has 6 atom stereocenters. The van der Waals surface area contributed by atoms with Crippen molar-refractivity contribution < 1.29 is 111 Å². The molecule has 0 bridgehead atoms. The molecule has 1 aliphatic carbocycles. The molecule has 1 saturated heterocycles. The van der Waals surface area contributed by atoms with Gasteiger partial charge in [0.25, 0.3) is 26.1 Å². The number of phosphoric acid groups is 3. The van der Waals surface area contributed by atoms with E-state index in [-0.39, 0.29) is 66.0 Å². The first-order valence-electron chi connectivity index (χ1n) is 22.0. The quantitative estimate of drug-likeness (QED) is 0.00458. The Hall–Kier alpha value is -6.00. The molecule has 432 valence electrons. The number of urea groups is 1. The molecule has 0 radical (unpaired) electrons. The third kappa shape index (κ3) is 16.3. The number of carboxylic acids is 1. The van der Waals surface area contributed by atoms with Crippen molar-refractivity contribution in [2.75, 3.05) is 50.2 Å². The maximum Gasteiger partial charge on any atom is 0.490 e. The van der Waals surface area contributed by atoms with Gasteiger partial charge in [0.1, 0.15) is 24.9 Å². The molecule has 6 rings (SSSR count). The lowest BCUT2D eigenvalue weighted by molar-refractivity contribution is -0.120. The van der Waals surface area contributed by atoms with Crippen molar-refractivity contribution in [2.45, 2.75) is 41.1 Å². The van der Waals surface area contributed by atoms with E-state index in [1.165, 1.54) is 33.7 Å². The number of hydrogen-bond acceptors (Lipinski definition) is 23. The maximum atomic E-state index is 13.5. The number of hydrogen-bond donors (Lipinski definition) is 12. The molecule has 1 fully saturated rings. The molecule has 4 amide bonds. The minimum Gasteiger partial charge on any atom is -0.478 e. The second-order valence-electron chi connectivity index (χ2n) is 16.3. The first kappa shape index (κ1) is 63.2. The Morgan fingerprint density at radius 3 is 2.33 bits per heavy atom. The number of phosphoric ester groups is 1. The third-order valence-corrected chi connectivity index (χ3v) is 18.9. The highest BCUT2D eigenvalue weighted by molar-refractivity contribution is 8.76. The van der Waals surface area contributed by atoms with Crippen molar-refractivity contribution in [1.29, 1.82) is 5.41 Å². The molecule has 14 N–H and O–H groups in total.